The molecule has 1 aromatic heterocycles. The van der Waals surface area contributed by atoms with Crippen LogP contribution in [0.4, 0.5) is 0 Å². The van der Waals surface area contributed by atoms with E-state index in [-0.39, 0.29) is 5.41 Å². The molecule has 0 atom stereocenters. The summed E-state index contributed by atoms with van der Waals surface area (Å²) >= 11 is 0. The number of ether oxygens (including phenoxy) is 1. The van der Waals surface area contributed by atoms with Crippen LogP contribution in [0.1, 0.15) is 39.2 Å². The van der Waals surface area contributed by atoms with E-state index in [0.717, 1.165) is 25.3 Å². The third kappa shape index (κ3) is 4.35. The maximum atomic E-state index is 5.21. The van der Waals surface area contributed by atoms with Crippen molar-refractivity contribution in [2.75, 3.05) is 20.2 Å². The van der Waals surface area contributed by atoms with E-state index in [4.69, 9.17) is 4.74 Å². The Kier molecular flexibility index (Phi) is 5.42. The minimum atomic E-state index is 0.127. The number of hydrogen-bond donors (Lipinski definition) is 1. The molecule has 0 spiro atoms. The summed E-state index contributed by atoms with van der Waals surface area (Å²) in [7, 11) is 1.68. The van der Waals surface area contributed by atoms with Gasteiger partial charge in [0.25, 0.3) is 0 Å². The van der Waals surface area contributed by atoms with E-state index in [0.29, 0.717) is 0 Å². The zero-order valence-corrected chi connectivity index (χ0v) is 11.4. The van der Waals surface area contributed by atoms with E-state index in [1.807, 2.05) is 6.20 Å². The van der Waals surface area contributed by atoms with Gasteiger partial charge in [-0.25, -0.2) is 0 Å². The van der Waals surface area contributed by atoms with Crippen molar-refractivity contribution in [3.05, 3.63) is 24.0 Å². The van der Waals surface area contributed by atoms with Gasteiger partial charge in [0.15, 0.2) is 0 Å². The van der Waals surface area contributed by atoms with Crippen LogP contribution in [0.25, 0.3) is 0 Å². The molecule has 1 aromatic rings. The molecule has 0 unspecified atom stereocenters. The fourth-order valence-electron chi connectivity index (χ4n) is 1.75. The van der Waals surface area contributed by atoms with E-state index in [2.05, 4.69) is 37.1 Å². The maximum Gasteiger partial charge on any atom is 0.137 e. The molecule has 0 aliphatic heterocycles. The molecule has 0 amide bonds. The molecule has 1 N–H and O–H groups in total. The molecular weight excluding hydrogens is 212 g/mol. The van der Waals surface area contributed by atoms with Crippen molar-refractivity contribution in [2.24, 2.45) is 0 Å². The highest BCUT2D eigenvalue weighted by Gasteiger charge is 2.20. The topological polar surface area (TPSA) is 34.2 Å². The Labute approximate surface area is 105 Å². The fraction of sp³-hybridized carbons (Fsp3) is 0.643. The van der Waals surface area contributed by atoms with Crippen LogP contribution in [-0.2, 0) is 5.41 Å². The summed E-state index contributed by atoms with van der Waals surface area (Å²) < 4.78 is 5.21. The van der Waals surface area contributed by atoms with Gasteiger partial charge in [-0.15, -0.1) is 0 Å². The molecule has 0 radical (unpaired) electrons. The highest BCUT2D eigenvalue weighted by atomic mass is 16.5. The SMILES string of the molecule is CCCNCCC(C)(C)c1cncc(OC)c1. The number of aromatic nitrogens is 1. The van der Waals surface area contributed by atoms with Crippen molar-refractivity contribution < 1.29 is 4.74 Å². The van der Waals surface area contributed by atoms with Crippen LogP contribution in [0.5, 0.6) is 5.75 Å². The fourth-order valence-corrected chi connectivity index (χ4v) is 1.75. The van der Waals surface area contributed by atoms with E-state index in [1.165, 1.54) is 12.0 Å². The lowest BCUT2D eigenvalue weighted by Gasteiger charge is -2.25. The number of rotatable bonds is 7. The van der Waals surface area contributed by atoms with E-state index in [1.54, 1.807) is 13.3 Å². The van der Waals surface area contributed by atoms with Gasteiger partial charge in [0, 0.05) is 6.20 Å². The van der Waals surface area contributed by atoms with Gasteiger partial charge in [0.2, 0.25) is 0 Å². The van der Waals surface area contributed by atoms with Crippen LogP contribution >= 0.6 is 0 Å². The molecule has 0 aliphatic rings. The van der Waals surface area contributed by atoms with Gasteiger partial charge < -0.3 is 10.1 Å². The summed E-state index contributed by atoms with van der Waals surface area (Å²) in [5.74, 6) is 0.831. The standard InChI is InChI=1S/C14H24N2O/c1-5-7-15-8-6-14(2,3)12-9-13(17-4)11-16-10-12/h9-11,15H,5-8H2,1-4H3. The van der Waals surface area contributed by atoms with Gasteiger partial charge in [-0.1, -0.05) is 20.8 Å². The molecule has 3 nitrogen and oxygen atoms in total. The van der Waals surface area contributed by atoms with Crippen molar-refractivity contribution in [1.29, 1.82) is 0 Å². The quantitative estimate of drug-likeness (QED) is 0.739. The van der Waals surface area contributed by atoms with Crippen LogP contribution in [0.3, 0.4) is 0 Å². The molecule has 1 heterocycles. The third-order valence-electron chi connectivity index (χ3n) is 3.08. The Balaban J connectivity index is 2.61. The Morgan fingerprint density at radius 1 is 1.29 bits per heavy atom. The second-order valence-electron chi connectivity index (χ2n) is 5.00. The van der Waals surface area contributed by atoms with E-state index < -0.39 is 0 Å². The first-order valence-corrected chi connectivity index (χ1v) is 6.30. The van der Waals surface area contributed by atoms with Gasteiger partial charge >= 0.3 is 0 Å². The van der Waals surface area contributed by atoms with E-state index in [9.17, 15) is 0 Å². The number of methoxy groups -OCH3 is 1. The van der Waals surface area contributed by atoms with Crippen LogP contribution in [-0.4, -0.2) is 25.2 Å². The number of nitrogens with one attached hydrogen (secondary N) is 1. The molecule has 0 saturated carbocycles. The minimum absolute atomic E-state index is 0.127. The lowest BCUT2D eigenvalue weighted by molar-refractivity contribution is 0.406. The summed E-state index contributed by atoms with van der Waals surface area (Å²) in [6.07, 6.45) is 5.96. The molecule has 3 heteroatoms. The summed E-state index contributed by atoms with van der Waals surface area (Å²) in [6.45, 7) is 8.81. The summed E-state index contributed by atoms with van der Waals surface area (Å²) in [6, 6.07) is 2.08. The highest BCUT2D eigenvalue weighted by molar-refractivity contribution is 5.28. The normalized spacial score (nSPS) is 11.5. The molecule has 96 valence electrons. The van der Waals surface area contributed by atoms with Gasteiger partial charge in [-0.05, 0) is 43.0 Å². The van der Waals surface area contributed by atoms with E-state index >= 15 is 0 Å². The Bertz CT molecular complexity index is 337. The third-order valence-corrected chi connectivity index (χ3v) is 3.08. The number of nitrogens with zero attached hydrogens (tertiary/aromatic N) is 1. The predicted octanol–water partition coefficient (Wildman–Crippen LogP) is 2.76. The van der Waals surface area contributed by atoms with Gasteiger partial charge in [-0.2, -0.15) is 0 Å². The molecule has 1 rings (SSSR count). The molecule has 0 fully saturated rings. The largest absolute Gasteiger partial charge is 0.495 e. The maximum absolute atomic E-state index is 5.21. The van der Waals surface area contributed by atoms with Crippen LogP contribution in [0, 0.1) is 0 Å². The summed E-state index contributed by atoms with van der Waals surface area (Å²) in [5, 5.41) is 3.44. The van der Waals surface area contributed by atoms with Gasteiger partial charge in [0.1, 0.15) is 5.75 Å². The van der Waals surface area contributed by atoms with Crippen LogP contribution in [0.2, 0.25) is 0 Å². The monoisotopic (exact) mass is 236 g/mol. The van der Waals surface area contributed by atoms with Crippen molar-refractivity contribution >= 4 is 0 Å². The second-order valence-corrected chi connectivity index (χ2v) is 5.00. The second kappa shape index (κ2) is 6.60. The summed E-state index contributed by atoms with van der Waals surface area (Å²) in [5.41, 5.74) is 1.36. The van der Waals surface area contributed by atoms with Crippen molar-refractivity contribution in [2.45, 2.75) is 39.0 Å². The number of pyridine rings is 1. The van der Waals surface area contributed by atoms with Crippen molar-refractivity contribution in [3.63, 3.8) is 0 Å². The highest BCUT2D eigenvalue weighted by Crippen LogP contribution is 2.28. The first kappa shape index (κ1) is 14.0. The first-order chi connectivity index (χ1) is 8.10. The predicted molar refractivity (Wildman–Crippen MR) is 71.6 cm³/mol. The molecule has 0 saturated heterocycles. The molecule has 17 heavy (non-hydrogen) atoms. The molecule has 0 aliphatic carbocycles. The molecule has 0 aromatic carbocycles. The number of hydrogen-bond acceptors (Lipinski definition) is 3. The van der Waals surface area contributed by atoms with Crippen molar-refractivity contribution in [3.8, 4) is 5.75 Å². The van der Waals surface area contributed by atoms with Crippen LogP contribution in [0.15, 0.2) is 18.5 Å². The average Bonchev–Trinajstić information content (AvgIpc) is 2.35. The lowest BCUT2D eigenvalue weighted by atomic mass is 9.82. The Morgan fingerprint density at radius 3 is 2.71 bits per heavy atom. The first-order valence-electron chi connectivity index (χ1n) is 6.30. The average molecular weight is 236 g/mol. The van der Waals surface area contributed by atoms with Crippen LogP contribution < -0.4 is 10.1 Å². The van der Waals surface area contributed by atoms with Crippen molar-refractivity contribution in [1.82, 2.24) is 10.3 Å². The minimum Gasteiger partial charge on any atom is -0.495 e. The zero-order valence-electron chi connectivity index (χ0n) is 11.4. The summed E-state index contributed by atoms with van der Waals surface area (Å²) in [4.78, 5) is 4.22. The van der Waals surface area contributed by atoms with Gasteiger partial charge in [0.05, 0.1) is 13.3 Å². The lowest BCUT2D eigenvalue weighted by Crippen LogP contribution is -2.26. The molecule has 0 bridgehead atoms. The Morgan fingerprint density at radius 2 is 2.06 bits per heavy atom. The smallest absolute Gasteiger partial charge is 0.137 e. The molecular formula is C14H24N2O. The van der Waals surface area contributed by atoms with Gasteiger partial charge in [-0.3, -0.25) is 4.98 Å². The Hall–Kier alpha value is -1.09. The zero-order chi connectivity index (χ0) is 12.7.